The summed E-state index contributed by atoms with van der Waals surface area (Å²) >= 11 is 0. The number of nitrogens with one attached hydrogen (secondary N) is 4. The molecule has 2 aromatic rings. The van der Waals surface area contributed by atoms with E-state index in [2.05, 4.69) is 21.3 Å². The Morgan fingerprint density at radius 3 is 1.34 bits per heavy atom. The molecule has 0 saturated carbocycles. The van der Waals surface area contributed by atoms with E-state index >= 15 is 0 Å². The highest BCUT2D eigenvalue weighted by Gasteiger charge is 2.36. The first-order valence-electron chi connectivity index (χ1n) is 11.4. The Balaban J connectivity index is 1.31. The molecule has 198 valence electrons. The van der Waals surface area contributed by atoms with Crippen LogP contribution in [0.2, 0.25) is 0 Å². The standard InChI is InChI=1S/C24H24N6O8/c1-13-21(29(33)34)19(27-23(31)25-13)15-3-7-17(8-4-15)37-11-12-38-18-9-5-16(6-10-18)20-22(30(35)36)14(2)26-24(32)28-20/h3-10,19-20H,11-12H2,1-2H3,(H2,25,27,31)(H2,26,28,32). The van der Waals surface area contributed by atoms with Gasteiger partial charge in [0.2, 0.25) is 0 Å². The molecule has 4 amide bonds. The molecule has 0 aromatic heterocycles. The first-order chi connectivity index (χ1) is 18.1. The van der Waals surface area contributed by atoms with Crippen molar-refractivity contribution in [2.45, 2.75) is 25.9 Å². The molecule has 2 heterocycles. The van der Waals surface area contributed by atoms with E-state index in [9.17, 15) is 29.8 Å². The summed E-state index contributed by atoms with van der Waals surface area (Å²) in [7, 11) is 0. The number of ether oxygens (including phenoxy) is 2. The van der Waals surface area contributed by atoms with E-state index in [-0.39, 0.29) is 36.0 Å². The highest BCUT2D eigenvalue weighted by molar-refractivity contribution is 5.79. The lowest BCUT2D eigenvalue weighted by atomic mass is 10.0. The van der Waals surface area contributed by atoms with Crippen molar-refractivity contribution in [3.63, 3.8) is 0 Å². The zero-order valence-corrected chi connectivity index (χ0v) is 20.3. The SMILES string of the molecule is CC1=C([N+](=O)[O-])C(c2ccc(OCCOc3ccc(C4NC(=O)NC(C)=C4[N+](=O)[O-])cc3)cc2)NC(=O)N1. The van der Waals surface area contributed by atoms with Crippen LogP contribution in [0.15, 0.2) is 71.3 Å². The predicted octanol–water partition coefficient (Wildman–Crippen LogP) is 2.87. The van der Waals surface area contributed by atoms with Gasteiger partial charge in [0, 0.05) is 0 Å². The molecular weight excluding hydrogens is 500 g/mol. The molecule has 0 bridgehead atoms. The Bertz CT molecular complexity index is 1230. The number of nitrogens with zero attached hydrogens (tertiary/aromatic N) is 2. The third-order valence-corrected chi connectivity index (χ3v) is 5.91. The normalized spacial score (nSPS) is 19.1. The summed E-state index contributed by atoms with van der Waals surface area (Å²) in [6, 6.07) is 10.3. The number of allylic oxidation sites excluding steroid dienone is 2. The maximum absolute atomic E-state index is 11.8. The minimum absolute atomic E-state index is 0.138. The monoisotopic (exact) mass is 524 g/mol. The summed E-state index contributed by atoms with van der Waals surface area (Å²) in [5, 5.41) is 32.8. The lowest BCUT2D eigenvalue weighted by Crippen LogP contribution is -2.45. The molecule has 0 aliphatic carbocycles. The Morgan fingerprint density at radius 1 is 0.684 bits per heavy atom. The molecule has 4 rings (SSSR count). The fourth-order valence-corrected chi connectivity index (χ4v) is 4.17. The minimum atomic E-state index is -0.891. The molecule has 2 aromatic carbocycles. The van der Waals surface area contributed by atoms with Crippen LogP contribution >= 0.6 is 0 Å². The van der Waals surface area contributed by atoms with Crippen molar-refractivity contribution >= 4 is 12.1 Å². The second-order valence-corrected chi connectivity index (χ2v) is 8.43. The average molecular weight is 524 g/mol. The van der Waals surface area contributed by atoms with Gasteiger partial charge in [-0.25, -0.2) is 9.59 Å². The zero-order valence-electron chi connectivity index (χ0n) is 20.3. The molecule has 14 heteroatoms. The molecule has 38 heavy (non-hydrogen) atoms. The van der Waals surface area contributed by atoms with Gasteiger partial charge in [-0.05, 0) is 49.2 Å². The van der Waals surface area contributed by atoms with Gasteiger partial charge >= 0.3 is 12.1 Å². The van der Waals surface area contributed by atoms with Crippen molar-refractivity contribution in [3.05, 3.63) is 103 Å². The first-order valence-corrected chi connectivity index (χ1v) is 11.4. The second kappa shape index (κ2) is 10.9. The van der Waals surface area contributed by atoms with Crippen LogP contribution < -0.4 is 30.7 Å². The highest BCUT2D eigenvalue weighted by atomic mass is 16.6. The second-order valence-electron chi connectivity index (χ2n) is 8.43. The zero-order chi connectivity index (χ0) is 27.4. The van der Waals surface area contributed by atoms with E-state index in [1.54, 1.807) is 48.5 Å². The van der Waals surface area contributed by atoms with Gasteiger partial charge in [0.15, 0.2) is 0 Å². The molecule has 4 N–H and O–H groups in total. The Labute approximate surface area is 216 Å². The van der Waals surface area contributed by atoms with Crippen LogP contribution in [-0.2, 0) is 0 Å². The third-order valence-electron chi connectivity index (χ3n) is 5.91. The van der Waals surface area contributed by atoms with Crippen molar-refractivity contribution in [1.29, 1.82) is 0 Å². The summed E-state index contributed by atoms with van der Waals surface area (Å²) in [5.41, 5.74) is 1.15. The summed E-state index contributed by atoms with van der Waals surface area (Å²) < 4.78 is 11.3. The smallest absolute Gasteiger partial charge is 0.320 e. The van der Waals surface area contributed by atoms with Crippen LogP contribution in [0.3, 0.4) is 0 Å². The number of carbonyl (C=O) groups excluding carboxylic acids is 2. The number of carbonyl (C=O) groups is 2. The number of nitro groups is 2. The van der Waals surface area contributed by atoms with Crippen molar-refractivity contribution in [2.24, 2.45) is 0 Å². The van der Waals surface area contributed by atoms with Gasteiger partial charge in [0.25, 0.3) is 11.4 Å². The fourth-order valence-electron chi connectivity index (χ4n) is 4.17. The van der Waals surface area contributed by atoms with E-state index in [0.29, 0.717) is 22.6 Å². The lowest BCUT2D eigenvalue weighted by Gasteiger charge is -2.23. The van der Waals surface area contributed by atoms with Gasteiger partial charge < -0.3 is 30.7 Å². The van der Waals surface area contributed by atoms with E-state index in [0.717, 1.165) is 0 Å². The summed E-state index contributed by atoms with van der Waals surface area (Å²) in [6.07, 6.45) is 0. The Hall–Kier alpha value is -5.14. The van der Waals surface area contributed by atoms with Crippen LogP contribution in [0.1, 0.15) is 37.1 Å². The quantitative estimate of drug-likeness (QED) is 0.219. The molecule has 0 saturated heterocycles. The van der Waals surface area contributed by atoms with Crippen molar-refractivity contribution < 1.29 is 28.9 Å². The fraction of sp³-hybridized carbons (Fsp3) is 0.250. The molecular formula is C24H24N6O8. The van der Waals surface area contributed by atoms with E-state index < -0.39 is 34.0 Å². The van der Waals surface area contributed by atoms with Crippen molar-refractivity contribution in [3.8, 4) is 11.5 Å². The highest BCUT2D eigenvalue weighted by Crippen LogP contribution is 2.29. The van der Waals surface area contributed by atoms with Crippen LogP contribution in [0, 0.1) is 20.2 Å². The number of hydrogen-bond donors (Lipinski definition) is 4. The molecule has 2 aliphatic heterocycles. The Kier molecular flexibility index (Phi) is 7.41. The summed E-state index contributed by atoms with van der Waals surface area (Å²) in [4.78, 5) is 45.4. The van der Waals surface area contributed by atoms with Gasteiger partial charge in [0.05, 0.1) is 21.2 Å². The third kappa shape index (κ3) is 5.64. The van der Waals surface area contributed by atoms with Crippen LogP contribution in [0.5, 0.6) is 11.5 Å². The van der Waals surface area contributed by atoms with Gasteiger partial charge in [-0.2, -0.15) is 0 Å². The van der Waals surface area contributed by atoms with E-state index in [1.165, 1.54) is 13.8 Å². The van der Waals surface area contributed by atoms with Gasteiger partial charge in [-0.15, -0.1) is 0 Å². The topological polar surface area (TPSA) is 187 Å². The van der Waals surface area contributed by atoms with Crippen LogP contribution in [-0.4, -0.2) is 35.1 Å². The molecule has 2 unspecified atom stereocenters. The Morgan fingerprint density at radius 2 is 1.03 bits per heavy atom. The van der Waals surface area contributed by atoms with E-state index in [4.69, 9.17) is 9.47 Å². The van der Waals surface area contributed by atoms with E-state index in [1.807, 2.05) is 0 Å². The van der Waals surface area contributed by atoms with Crippen molar-refractivity contribution in [2.75, 3.05) is 13.2 Å². The predicted molar refractivity (Wildman–Crippen MR) is 132 cm³/mol. The molecule has 2 atom stereocenters. The van der Waals surface area contributed by atoms with Gasteiger partial charge in [-0.3, -0.25) is 20.2 Å². The number of hydrogen-bond acceptors (Lipinski definition) is 8. The number of amides is 4. The average Bonchev–Trinajstić information content (AvgIpc) is 2.86. The van der Waals surface area contributed by atoms with Gasteiger partial charge in [0.1, 0.15) is 36.8 Å². The van der Waals surface area contributed by atoms with Crippen LogP contribution in [0.4, 0.5) is 9.59 Å². The number of benzene rings is 2. The molecule has 0 spiro atoms. The maximum atomic E-state index is 11.8. The summed E-state index contributed by atoms with van der Waals surface area (Å²) in [5.74, 6) is 1.01. The largest absolute Gasteiger partial charge is 0.490 e. The first kappa shape index (κ1) is 25.9. The molecule has 0 radical (unpaired) electrons. The minimum Gasteiger partial charge on any atom is -0.490 e. The maximum Gasteiger partial charge on any atom is 0.320 e. The number of rotatable bonds is 9. The molecule has 14 nitrogen and oxygen atoms in total. The lowest BCUT2D eigenvalue weighted by molar-refractivity contribution is -0.433. The summed E-state index contributed by atoms with van der Waals surface area (Å²) in [6.45, 7) is 3.34. The van der Waals surface area contributed by atoms with Gasteiger partial charge in [-0.1, -0.05) is 24.3 Å². The number of urea groups is 2. The molecule has 0 fully saturated rings. The molecule has 2 aliphatic rings. The van der Waals surface area contributed by atoms with Crippen LogP contribution in [0.25, 0.3) is 0 Å². The van der Waals surface area contributed by atoms with Crippen molar-refractivity contribution in [1.82, 2.24) is 21.3 Å².